The lowest BCUT2D eigenvalue weighted by molar-refractivity contribution is 0.154. The summed E-state index contributed by atoms with van der Waals surface area (Å²) in [4.78, 5) is 6.59. The number of anilines is 1. The summed E-state index contributed by atoms with van der Waals surface area (Å²) in [5.41, 5.74) is 0.723. The topological polar surface area (TPSA) is 25.4 Å². The minimum atomic E-state index is 0.329. The van der Waals surface area contributed by atoms with E-state index in [1.807, 2.05) is 19.1 Å². The molecule has 1 aromatic heterocycles. The number of halogens is 2. The van der Waals surface area contributed by atoms with E-state index >= 15 is 0 Å². The van der Waals surface area contributed by atoms with E-state index in [1.165, 1.54) is 0 Å². The Bertz CT molecular complexity index is 347. The quantitative estimate of drug-likeness (QED) is 0.564. The average molecular weight is 277 g/mol. The second-order valence-electron chi connectivity index (χ2n) is 3.51. The van der Waals surface area contributed by atoms with Crippen LogP contribution in [0.25, 0.3) is 0 Å². The van der Waals surface area contributed by atoms with Crippen LogP contribution in [0.1, 0.15) is 19.5 Å². The van der Waals surface area contributed by atoms with Crippen LogP contribution in [0.3, 0.4) is 0 Å². The van der Waals surface area contributed by atoms with Gasteiger partial charge in [-0.25, -0.2) is 4.98 Å². The SMILES string of the molecule is CCOCCN(CC)c1ccc(Cl)c(CCl)n1. The zero-order valence-corrected chi connectivity index (χ0v) is 11.8. The molecule has 1 aromatic rings. The van der Waals surface area contributed by atoms with Crippen molar-refractivity contribution in [2.45, 2.75) is 19.7 Å². The molecule has 0 aliphatic rings. The number of aromatic nitrogens is 1. The van der Waals surface area contributed by atoms with Crippen molar-refractivity contribution < 1.29 is 4.74 Å². The fourth-order valence-electron chi connectivity index (χ4n) is 1.50. The number of likely N-dealkylation sites (N-methyl/N-ethyl adjacent to an activating group) is 1. The van der Waals surface area contributed by atoms with Crippen molar-refractivity contribution in [3.05, 3.63) is 22.8 Å². The molecule has 0 atom stereocenters. The number of ether oxygens (including phenoxy) is 1. The summed E-state index contributed by atoms with van der Waals surface area (Å²) in [5.74, 6) is 1.22. The molecule has 0 unspecified atom stereocenters. The van der Waals surface area contributed by atoms with Crippen molar-refractivity contribution in [1.29, 1.82) is 0 Å². The molecule has 1 heterocycles. The Morgan fingerprint density at radius 2 is 2.12 bits per heavy atom. The van der Waals surface area contributed by atoms with E-state index in [4.69, 9.17) is 27.9 Å². The number of nitrogens with zero attached hydrogens (tertiary/aromatic N) is 2. The fraction of sp³-hybridized carbons (Fsp3) is 0.583. The predicted molar refractivity (Wildman–Crippen MR) is 73.2 cm³/mol. The van der Waals surface area contributed by atoms with Gasteiger partial charge in [0.25, 0.3) is 0 Å². The van der Waals surface area contributed by atoms with Gasteiger partial charge >= 0.3 is 0 Å². The molecule has 0 radical (unpaired) electrons. The third-order valence-electron chi connectivity index (χ3n) is 2.45. The highest BCUT2D eigenvalue weighted by Gasteiger charge is 2.08. The zero-order chi connectivity index (χ0) is 12.7. The molecular weight excluding hydrogens is 259 g/mol. The molecule has 0 amide bonds. The summed E-state index contributed by atoms with van der Waals surface area (Å²) in [6.07, 6.45) is 0. The third-order valence-corrected chi connectivity index (χ3v) is 3.04. The molecule has 0 aliphatic heterocycles. The van der Waals surface area contributed by atoms with Gasteiger partial charge in [0.05, 0.1) is 23.2 Å². The molecule has 3 nitrogen and oxygen atoms in total. The third kappa shape index (κ3) is 4.34. The first-order valence-electron chi connectivity index (χ1n) is 5.77. The van der Waals surface area contributed by atoms with Crippen molar-refractivity contribution in [3.63, 3.8) is 0 Å². The minimum absolute atomic E-state index is 0.329. The molecule has 0 aromatic carbocycles. The molecule has 1 rings (SSSR count). The van der Waals surface area contributed by atoms with Crippen LogP contribution in [0.4, 0.5) is 5.82 Å². The van der Waals surface area contributed by atoms with Gasteiger partial charge in [0.2, 0.25) is 0 Å². The van der Waals surface area contributed by atoms with Gasteiger partial charge in [-0.15, -0.1) is 11.6 Å². The maximum atomic E-state index is 5.98. The van der Waals surface area contributed by atoms with Gasteiger partial charge in [0, 0.05) is 19.7 Å². The molecule has 0 saturated carbocycles. The molecule has 0 bridgehead atoms. The number of hydrogen-bond acceptors (Lipinski definition) is 3. The Kier molecular flexibility index (Phi) is 6.63. The summed E-state index contributed by atoms with van der Waals surface area (Å²) in [6.45, 7) is 7.21. The van der Waals surface area contributed by atoms with E-state index in [1.54, 1.807) is 0 Å². The van der Waals surface area contributed by atoms with E-state index in [9.17, 15) is 0 Å². The van der Waals surface area contributed by atoms with Gasteiger partial charge < -0.3 is 9.64 Å². The first-order chi connectivity index (χ1) is 8.22. The van der Waals surface area contributed by atoms with Crippen molar-refractivity contribution in [2.75, 3.05) is 31.2 Å². The van der Waals surface area contributed by atoms with Crippen molar-refractivity contribution in [1.82, 2.24) is 4.98 Å². The van der Waals surface area contributed by atoms with E-state index in [-0.39, 0.29) is 0 Å². The highest BCUT2D eigenvalue weighted by molar-refractivity contribution is 6.32. The lowest BCUT2D eigenvalue weighted by Gasteiger charge is -2.22. The van der Waals surface area contributed by atoms with Crippen LogP contribution >= 0.6 is 23.2 Å². The van der Waals surface area contributed by atoms with Gasteiger partial charge in [-0.3, -0.25) is 0 Å². The Hall–Kier alpha value is -0.510. The normalized spacial score (nSPS) is 10.6. The first kappa shape index (κ1) is 14.6. The molecule has 0 fully saturated rings. The monoisotopic (exact) mass is 276 g/mol. The van der Waals surface area contributed by atoms with E-state index in [0.29, 0.717) is 17.5 Å². The van der Waals surface area contributed by atoms with E-state index in [2.05, 4.69) is 16.8 Å². The number of rotatable bonds is 7. The lowest BCUT2D eigenvalue weighted by atomic mass is 10.3. The van der Waals surface area contributed by atoms with Gasteiger partial charge in [-0.1, -0.05) is 11.6 Å². The second-order valence-corrected chi connectivity index (χ2v) is 4.18. The second kappa shape index (κ2) is 7.75. The summed E-state index contributed by atoms with van der Waals surface area (Å²) in [7, 11) is 0. The van der Waals surface area contributed by atoms with Crippen LogP contribution in [-0.4, -0.2) is 31.3 Å². The number of hydrogen-bond donors (Lipinski definition) is 0. The molecule has 0 saturated heterocycles. The van der Waals surface area contributed by atoms with Crippen LogP contribution in [-0.2, 0) is 10.6 Å². The van der Waals surface area contributed by atoms with Crippen molar-refractivity contribution >= 4 is 29.0 Å². The van der Waals surface area contributed by atoms with Crippen LogP contribution in [0.5, 0.6) is 0 Å². The maximum absolute atomic E-state index is 5.98. The van der Waals surface area contributed by atoms with Crippen LogP contribution in [0, 0.1) is 0 Å². The van der Waals surface area contributed by atoms with Crippen LogP contribution in [0.15, 0.2) is 12.1 Å². The lowest BCUT2D eigenvalue weighted by Crippen LogP contribution is -2.28. The Balaban J connectivity index is 2.73. The minimum Gasteiger partial charge on any atom is -0.380 e. The highest BCUT2D eigenvalue weighted by atomic mass is 35.5. The van der Waals surface area contributed by atoms with Gasteiger partial charge in [0.15, 0.2) is 0 Å². The maximum Gasteiger partial charge on any atom is 0.129 e. The summed E-state index contributed by atoms with van der Waals surface area (Å²) < 4.78 is 5.35. The number of alkyl halides is 1. The summed E-state index contributed by atoms with van der Waals surface area (Å²) >= 11 is 11.8. The molecule has 96 valence electrons. The van der Waals surface area contributed by atoms with Crippen molar-refractivity contribution in [2.24, 2.45) is 0 Å². The molecule has 0 spiro atoms. The highest BCUT2D eigenvalue weighted by Crippen LogP contribution is 2.20. The van der Waals surface area contributed by atoms with Crippen molar-refractivity contribution in [3.8, 4) is 0 Å². The van der Waals surface area contributed by atoms with Gasteiger partial charge in [-0.2, -0.15) is 0 Å². The fourth-order valence-corrected chi connectivity index (χ4v) is 1.94. The Morgan fingerprint density at radius 1 is 1.35 bits per heavy atom. The number of pyridine rings is 1. The van der Waals surface area contributed by atoms with Gasteiger partial charge in [-0.05, 0) is 26.0 Å². The zero-order valence-electron chi connectivity index (χ0n) is 10.2. The molecule has 0 N–H and O–H groups in total. The van der Waals surface area contributed by atoms with Gasteiger partial charge in [0.1, 0.15) is 5.82 Å². The molecular formula is C12H18Cl2N2O. The standard InChI is InChI=1S/C12H18Cl2N2O/c1-3-16(7-8-17-4-2)12-6-5-10(14)11(9-13)15-12/h5-6H,3-4,7-9H2,1-2H3. The Labute approximate surface area is 113 Å². The van der Waals surface area contributed by atoms with Crippen LogP contribution in [0.2, 0.25) is 5.02 Å². The smallest absolute Gasteiger partial charge is 0.129 e. The predicted octanol–water partition coefficient (Wildman–Crippen LogP) is 3.34. The van der Waals surface area contributed by atoms with Crippen LogP contribution < -0.4 is 4.90 Å². The van der Waals surface area contributed by atoms with E-state index < -0.39 is 0 Å². The molecule has 0 aliphatic carbocycles. The largest absolute Gasteiger partial charge is 0.380 e. The molecule has 17 heavy (non-hydrogen) atoms. The summed E-state index contributed by atoms with van der Waals surface area (Å²) in [6, 6.07) is 3.75. The average Bonchev–Trinajstić information content (AvgIpc) is 2.36. The Morgan fingerprint density at radius 3 is 2.71 bits per heavy atom. The summed E-state index contributed by atoms with van der Waals surface area (Å²) in [5, 5.41) is 0.615. The molecule has 5 heteroatoms. The first-order valence-corrected chi connectivity index (χ1v) is 6.68. The van der Waals surface area contributed by atoms with E-state index in [0.717, 1.165) is 31.2 Å².